The van der Waals surface area contributed by atoms with E-state index < -0.39 is 65.1 Å². The van der Waals surface area contributed by atoms with E-state index >= 15 is 0 Å². The van der Waals surface area contributed by atoms with Crippen molar-refractivity contribution in [2.75, 3.05) is 19.5 Å². The molecular weight excluding hydrogens is 634 g/mol. The molecule has 48 heavy (non-hydrogen) atoms. The molecule has 0 aromatic heterocycles. The lowest BCUT2D eigenvalue weighted by Crippen LogP contribution is -2.62. The van der Waals surface area contributed by atoms with Crippen LogP contribution in [0.5, 0.6) is 5.75 Å². The molecule has 0 unspecified atom stereocenters. The molecule has 0 aliphatic carbocycles. The first-order chi connectivity index (χ1) is 23.4. The van der Waals surface area contributed by atoms with E-state index in [2.05, 4.69) is 0 Å². The van der Waals surface area contributed by atoms with Gasteiger partial charge in [0.2, 0.25) is 0 Å². The first-order valence-electron chi connectivity index (χ1n) is 15.3. The summed E-state index contributed by atoms with van der Waals surface area (Å²) < 4.78 is 42.9. The van der Waals surface area contributed by atoms with Crippen LogP contribution in [0.15, 0.2) is 120 Å². The summed E-state index contributed by atoms with van der Waals surface area (Å²) in [4.78, 5) is 44.8. The Labute approximate surface area is 281 Å². The second-order valence-corrected chi connectivity index (χ2v) is 12.5. The van der Waals surface area contributed by atoms with Crippen LogP contribution in [-0.4, -0.2) is 77.6 Å². The maximum Gasteiger partial charge on any atom is 0.338 e. The smallest absolute Gasteiger partial charge is 0.338 e. The first-order valence-corrected chi connectivity index (χ1v) is 16.7. The zero-order valence-electron chi connectivity index (χ0n) is 26.4. The molecule has 1 heterocycles. The first kappa shape index (κ1) is 34.2. The van der Waals surface area contributed by atoms with Crippen molar-refractivity contribution in [2.24, 2.45) is 4.99 Å². The van der Waals surface area contributed by atoms with Crippen LogP contribution in [0.3, 0.4) is 0 Å². The van der Waals surface area contributed by atoms with Gasteiger partial charge in [0.25, 0.3) is 0 Å². The summed E-state index contributed by atoms with van der Waals surface area (Å²) in [6.45, 7) is 1.33. The van der Waals surface area contributed by atoms with E-state index in [4.69, 9.17) is 28.7 Å². The standard InChI is InChI=1S/C37H35NO9S/c1-3-48(42)37-31(38-23-25-19-21-29(43-2)22-20-25)33(47-36(41)28-17-11-6-12-18-28)32(46-35(40)27-15-9-5-10-16-27)30(45-37)24-44-34(39)26-13-7-4-8-14-26/h4-23,30-33,37H,3,24H2,1-2H3/t30-,31-,32-,33-,37+,48+/m1/s1. The van der Waals surface area contributed by atoms with Crippen LogP contribution < -0.4 is 4.74 Å². The molecule has 1 fully saturated rings. The van der Waals surface area contributed by atoms with Gasteiger partial charge in [0.15, 0.2) is 17.6 Å². The molecule has 6 atom stereocenters. The normalized spacial score (nSPS) is 21.2. The predicted octanol–water partition coefficient (Wildman–Crippen LogP) is 5.28. The molecule has 0 saturated carbocycles. The van der Waals surface area contributed by atoms with Crippen LogP contribution >= 0.6 is 0 Å². The molecule has 1 aliphatic rings. The lowest BCUT2D eigenvalue weighted by atomic mass is 9.97. The van der Waals surface area contributed by atoms with E-state index in [9.17, 15) is 18.6 Å². The third-order valence-corrected chi connectivity index (χ3v) is 9.04. The summed E-state index contributed by atoms with van der Waals surface area (Å²) in [6.07, 6.45) is -2.25. The highest BCUT2D eigenvalue weighted by Gasteiger charge is 2.52. The number of hydrogen-bond donors (Lipinski definition) is 0. The van der Waals surface area contributed by atoms with Crippen LogP contribution in [0.2, 0.25) is 0 Å². The van der Waals surface area contributed by atoms with Gasteiger partial charge in [-0.2, -0.15) is 0 Å². The molecule has 248 valence electrons. The lowest BCUT2D eigenvalue weighted by Gasteiger charge is -2.43. The van der Waals surface area contributed by atoms with Gasteiger partial charge in [0.1, 0.15) is 24.5 Å². The Morgan fingerprint density at radius 3 is 1.73 bits per heavy atom. The zero-order chi connectivity index (χ0) is 33.9. The summed E-state index contributed by atoms with van der Waals surface area (Å²) in [5, 5.41) is 0. The van der Waals surface area contributed by atoms with Gasteiger partial charge in [-0.15, -0.1) is 0 Å². The quantitative estimate of drug-likeness (QED) is 0.112. The minimum atomic E-state index is -1.65. The van der Waals surface area contributed by atoms with Crippen LogP contribution in [0.25, 0.3) is 0 Å². The van der Waals surface area contributed by atoms with Crippen molar-refractivity contribution in [1.82, 2.24) is 0 Å². The number of benzene rings is 4. The number of ether oxygens (including phenoxy) is 5. The minimum absolute atomic E-state index is 0.184. The average Bonchev–Trinajstić information content (AvgIpc) is 3.14. The maximum atomic E-state index is 13.6. The third kappa shape index (κ3) is 8.61. The van der Waals surface area contributed by atoms with Gasteiger partial charge >= 0.3 is 17.9 Å². The number of hydrogen-bond acceptors (Lipinski definition) is 10. The van der Waals surface area contributed by atoms with Gasteiger partial charge in [-0.3, -0.25) is 9.20 Å². The Bertz CT molecular complexity index is 1720. The van der Waals surface area contributed by atoms with Crippen LogP contribution in [0, 0.1) is 0 Å². The van der Waals surface area contributed by atoms with Gasteiger partial charge in [-0.25, -0.2) is 14.4 Å². The highest BCUT2D eigenvalue weighted by Crippen LogP contribution is 2.32. The molecule has 1 aliphatic heterocycles. The molecule has 0 spiro atoms. The molecule has 5 rings (SSSR count). The summed E-state index contributed by atoms with van der Waals surface area (Å²) in [6, 6.07) is 30.9. The molecule has 4 aromatic rings. The molecule has 11 heteroatoms. The number of carbonyl (C=O) groups is 3. The number of esters is 3. The SMILES string of the molecule is CC[S@](=O)[C@@H]1O[C@H](COC(=O)c2ccccc2)[C@@H](OC(=O)c2ccccc2)[C@H](OC(=O)c2ccccc2)[C@H]1N=Cc1ccc(OC)cc1. The highest BCUT2D eigenvalue weighted by atomic mass is 32.2. The fourth-order valence-corrected chi connectivity index (χ4v) is 6.18. The predicted molar refractivity (Wildman–Crippen MR) is 180 cm³/mol. The van der Waals surface area contributed by atoms with E-state index in [1.165, 1.54) is 0 Å². The molecule has 0 N–H and O–H groups in total. The fourth-order valence-electron chi connectivity index (χ4n) is 5.05. The van der Waals surface area contributed by atoms with E-state index in [0.29, 0.717) is 16.9 Å². The van der Waals surface area contributed by atoms with Gasteiger partial charge < -0.3 is 23.7 Å². The fraction of sp³-hybridized carbons (Fsp3) is 0.243. The Morgan fingerprint density at radius 1 is 0.729 bits per heavy atom. The van der Waals surface area contributed by atoms with E-state index in [1.807, 2.05) is 0 Å². The molecule has 10 nitrogen and oxygen atoms in total. The van der Waals surface area contributed by atoms with Gasteiger partial charge in [0, 0.05) is 12.0 Å². The van der Waals surface area contributed by atoms with Crippen LogP contribution in [-0.2, 0) is 29.7 Å². The number of methoxy groups -OCH3 is 1. The molecular formula is C37H35NO9S. The number of carbonyl (C=O) groups excluding carboxylic acids is 3. The van der Waals surface area contributed by atoms with Crippen molar-refractivity contribution in [3.63, 3.8) is 0 Å². The molecule has 4 aromatic carbocycles. The Balaban J connectivity index is 1.55. The molecule has 0 amide bonds. The average molecular weight is 670 g/mol. The van der Waals surface area contributed by atoms with Gasteiger partial charge in [0.05, 0.1) is 34.6 Å². The van der Waals surface area contributed by atoms with Gasteiger partial charge in [-0.1, -0.05) is 61.5 Å². The van der Waals surface area contributed by atoms with Crippen molar-refractivity contribution >= 4 is 34.9 Å². The van der Waals surface area contributed by atoms with Crippen molar-refractivity contribution in [1.29, 1.82) is 0 Å². The molecule has 0 radical (unpaired) electrons. The Kier molecular flexibility index (Phi) is 11.8. The minimum Gasteiger partial charge on any atom is -0.497 e. The van der Waals surface area contributed by atoms with E-state index in [1.54, 1.807) is 136 Å². The van der Waals surface area contributed by atoms with E-state index in [-0.39, 0.29) is 16.9 Å². The summed E-state index contributed by atoms with van der Waals surface area (Å²) in [5.41, 5.74) is 0.346. The summed E-state index contributed by atoms with van der Waals surface area (Å²) in [5.74, 6) is -1.25. The second kappa shape index (κ2) is 16.6. The zero-order valence-corrected chi connectivity index (χ0v) is 27.2. The van der Waals surface area contributed by atoms with Gasteiger partial charge in [-0.05, 0) is 66.2 Å². The third-order valence-electron chi connectivity index (χ3n) is 7.56. The number of nitrogens with zero attached hydrogens (tertiary/aromatic N) is 1. The Hall–Kier alpha value is -5.13. The monoisotopic (exact) mass is 669 g/mol. The number of aliphatic imine (C=N–C) groups is 1. The highest BCUT2D eigenvalue weighted by molar-refractivity contribution is 7.85. The topological polar surface area (TPSA) is 127 Å². The van der Waals surface area contributed by atoms with Crippen LogP contribution in [0.1, 0.15) is 43.6 Å². The molecule has 1 saturated heterocycles. The van der Waals surface area contributed by atoms with Crippen molar-refractivity contribution in [3.8, 4) is 5.75 Å². The summed E-state index contributed by atoms with van der Waals surface area (Å²) in [7, 11) is -0.0905. The molecule has 0 bridgehead atoms. The maximum absolute atomic E-state index is 13.6. The Morgan fingerprint density at radius 2 is 1.23 bits per heavy atom. The van der Waals surface area contributed by atoms with Crippen molar-refractivity contribution in [2.45, 2.75) is 36.7 Å². The lowest BCUT2D eigenvalue weighted by molar-refractivity contribution is -0.170. The van der Waals surface area contributed by atoms with Crippen LogP contribution in [0.4, 0.5) is 0 Å². The van der Waals surface area contributed by atoms with Crippen molar-refractivity contribution < 1.29 is 42.3 Å². The second-order valence-electron chi connectivity index (χ2n) is 10.7. The van der Waals surface area contributed by atoms with E-state index in [0.717, 1.165) is 0 Å². The summed E-state index contributed by atoms with van der Waals surface area (Å²) >= 11 is 0. The largest absolute Gasteiger partial charge is 0.497 e. The number of rotatable bonds is 12. The van der Waals surface area contributed by atoms with Crippen molar-refractivity contribution in [3.05, 3.63) is 138 Å².